The number of anilines is 2. The Morgan fingerprint density at radius 2 is 2.11 bits per heavy atom. The van der Waals surface area contributed by atoms with Gasteiger partial charge in [-0.05, 0) is 68.8 Å². The molecule has 0 spiro atoms. The van der Waals surface area contributed by atoms with Crippen molar-refractivity contribution in [2.24, 2.45) is 0 Å². The highest BCUT2D eigenvalue weighted by molar-refractivity contribution is 7.18. The molecular formula is C25H28ClN3O6S. The third-order valence-corrected chi connectivity index (χ3v) is 6.78. The van der Waals surface area contributed by atoms with Crippen LogP contribution in [0.3, 0.4) is 0 Å². The Morgan fingerprint density at radius 1 is 1.33 bits per heavy atom. The van der Waals surface area contributed by atoms with Crippen LogP contribution in [0.15, 0.2) is 54.4 Å². The number of aliphatic hydroxyl groups is 2. The summed E-state index contributed by atoms with van der Waals surface area (Å²) in [5.41, 5.74) is 1.15. The zero-order valence-corrected chi connectivity index (χ0v) is 21.7. The Labute approximate surface area is 218 Å². The molecule has 2 amide bonds. The van der Waals surface area contributed by atoms with E-state index in [1.807, 2.05) is 13.0 Å². The highest BCUT2D eigenvalue weighted by Gasteiger charge is 2.33. The zero-order chi connectivity index (χ0) is 26.0. The van der Waals surface area contributed by atoms with E-state index in [1.165, 1.54) is 16.2 Å². The van der Waals surface area contributed by atoms with Crippen molar-refractivity contribution in [2.45, 2.75) is 38.7 Å². The first-order chi connectivity index (χ1) is 17.0. The maximum atomic E-state index is 12.5. The van der Waals surface area contributed by atoms with Gasteiger partial charge in [0.2, 0.25) is 0 Å². The van der Waals surface area contributed by atoms with E-state index in [0.717, 1.165) is 11.3 Å². The molecule has 2 aromatic rings. The number of benzene rings is 1. The van der Waals surface area contributed by atoms with Crippen LogP contribution in [0.5, 0.6) is 0 Å². The lowest BCUT2D eigenvalue weighted by molar-refractivity contribution is -0.0128. The number of aryl methyl sites for hydroxylation is 1. The maximum absolute atomic E-state index is 12.5. The topological polar surface area (TPSA) is 112 Å². The molecule has 3 heterocycles. The number of thiophene rings is 1. The van der Waals surface area contributed by atoms with Crippen LogP contribution in [0.2, 0.25) is 4.34 Å². The van der Waals surface area contributed by atoms with Gasteiger partial charge in [0.05, 0.1) is 27.9 Å². The summed E-state index contributed by atoms with van der Waals surface area (Å²) in [7, 11) is 0. The molecule has 0 bridgehead atoms. The number of nitrogens with zero attached hydrogens (tertiary/aromatic N) is 2. The van der Waals surface area contributed by atoms with E-state index in [2.05, 4.69) is 5.32 Å². The van der Waals surface area contributed by atoms with Crippen LogP contribution in [0.4, 0.5) is 16.2 Å². The number of carbonyl (C=O) groups is 2. The molecule has 1 aromatic heterocycles. The Bertz CT molecular complexity index is 1200. The molecular weight excluding hydrogens is 506 g/mol. The van der Waals surface area contributed by atoms with Gasteiger partial charge in [-0.3, -0.25) is 9.69 Å². The van der Waals surface area contributed by atoms with E-state index in [4.69, 9.17) is 21.1 Å². The summed E-state index contributed by atoms with van der Waals surface area (Å²) in [6, 6.07) is 8.71. The summed E-state index contributed by atoms with van der Waals surface area (Å²) in [5, 5.41) is 23.5. The minimum Gasteiger partial charge on any atom is -0.490 e. The van der Waals surface area contributed by atoms with E-state index in [9.17, 15) is 19.8 Å². The first kappa shape index (κ1) is 26.0. The maximum Gasteiger partial charge on any atom is 0.414 e. The van der Waals surface area contributed by atoms with Crippen molar-refractivity contribution in [3.63, 3.8) is 0 Å². The summed E-state index contributed by atoms with van der Waals surface area (Å²) >= 11 is 7.06. The van der Waals surface area contributed by atoms with Crippen LogP contribution in [-0.4, -0.2) is 59.8 Å². The molecule has 9 nitrogen and oxygen atoms in total. The molecule has 11 heteroatoms. The number of amides is 2. The van der Waals surface area contributed by atoms with E-state index in [0.29, 0.717) is 20.7 Å². The average molecular weight is 534 g/mol. The molecule has 3 N–H and O–H groups in total. The fraction of sp³-hybridized carbons (Fsp3) is 0.360. The van der Waals surface area contributed by atoms with E-state index >= 15 is 0 Å². The Balaban J connectivity index is 1.39. The fourth-order valence-corrected chi connectivity index (χ4v) is 4.76. The molecule has 4 rings (SSSR count). The summed E-state index contributed by atoms with van der Waals surface area (Å²) in [6.45, 7) is 5.63. The second-order valence-electron chi connectivity index (χ2n) is 9.19. The van der Waals surface area contributed by atoms with Gasteiger partial charge in [-0.2, -0.15) is 0 Å². The van der Waals surface area contributed by atoms with Gasteiger partial charge in [-0.1, -0.05) is 11.6 Å². The van der Waals surface area contributed by atoms with Crippen LogP contribution in [0.25, 0.3) is 0 Å². The molecule has 0 radical (unpaired) electrons. The number of hydrogen-bond acceptors (Lipinski definition) is 8. The molecule has 1 unspecified atom stereocenters. The normalized spacial score (nSPS) is 19.8. The van der Waals surface area contributed by atoms with E-state index in [-0.39, 0.29) is 25.6 Å². The first-order valence-electron chi connectivity index (χ1n) is 11.3. The monoisotopic (exact) mass is 533 g/mol. The second-order valence-corrected chi connectivity index (χ2v) is 10.9. The number of nitrogens with one attached hydrogen (secondary N) is 1. The standard InChI is InChI=1S/C25H28ClN3O6S/c1-15-11-16(6-7-18(15)28-10-4-5-19(23(28)31)34-14-25(2,3)33)29-13-17(35-24(29)32)12-27-22(30)20-8-9-21(26)36-20/h4-11,17,23,31,33H,12-14H2,1-3H3,(H,27,30)/t17-,23?/m0/s1. The SMILES string of the molecule is Cc1cc(N2C[C@H](CNC(=O)c3ccc(Cl)s3)OC2=O)ccc1N1C=CC=C(OCC(C)(C)O)C1O. The number of halogens is 1. The molecule has 36 heavy (non-hydrogen) atoms. The van der Waals surface area contributed by atoms with Crippen molar-refractivity contribution >= 4 is 46.3 Å². The van der Waals surface area contributed by atoms with Crippen LogP contribution in [-0.2, 0) is 9.47 Å². The number of rotatable bonds is 8. The third-order valence-electron chi connectivity index (χ3n) is 5.55. The number of aliphatic hydroxyl groups excluding tert-OH is 1. The van der Waals surface area contributed by atoms with Crippen molar-refractivity contribution in [1.82, 2.24) is 5.32 Å². The minimum absolute atomic E-state index is 0.0370. The van der Waals surface area contributed by atoms with Crippen molar-refractivity contribution in [2.75, 3.05) is 29.5 Å². The summed E-state index contributed by atoms with van der Waals surface area (Å²) in [5.74, 6) is 0.0515. The highest BCUT2D eigenvalue weighted by atomic mass is 35.5. The molecule has 1 fully saturated rings. The Kier molecular flexibility index (Phi) is 7.60. The summed E-state index contributed by atoms with van der Waals surface area (Å²) in [6.07, 6.45) is 3.08. The van der Waals surface area contributed by atoms with Crippen molar-refractivity contribution in [3.8, 4) is 0 Å². The number of ether oxygens (including phenoxy) is 2. The van der Waals surface area contributed by atoms with E-state index < -0.39 is 24.0 Å². The minimum atomic E-state index is -1.06. The first-order valence-corrected chi connectivity index (χ1v) is 12.5. The van der Waals surface area contributed by atoms with Crippen LogP contribution in [0.1, 0.15) is 29.1 Å². The molecule has 0 aliphatic carbocycles. The molecule has 2 aliphatic rings. The lowest BCUT2D eigenvalue weighted by Gasteiger charge is -2.32. The molecule has 0 saturated carbocycles. The number of hydrogen-bond donors (Lipinski definition) is 3. The number of allylic oxidation sites excluding steroid dienone is 2. The Morgan fingerprint density at radius 3 is 2.78 bits per heavy atom. The summed E-state index contributed by atoms with van der Waals surface area (Å²) in [4.78, 5) is 28.4. The zero-order valence-electron chi connectivity index (χ0n) is 20.1. The van der Waals surface area contributed by atoms with Gasteiger partial charge < -0.3 is 29.9 Å². The highest BCUT2D eigenvalue weighted by Crippen LogP contribution is 2.32. The van der Waals surface area contributed by atoms with Gasteiger partial charge in [-0.15, -0.1) is 11.3 Å². The lowest BCUT2D eigenvalue weighted by Crippen LogP contribution is -2.37. The van der Waals surface area contributed by atoms with Crippen molar-refractivity contribution in [3.05, 3.63) is 69.2 Å². The smallest absolute Gasteiger partial charge is 0.414 e. The van der Waals surface area contributed by atoms with Gasteiger partial charge in [-0.25, -0.2) is 4.79 Å². The predicted octanol–water partition coefficient (Wildman–Crippen LogP) is 3.79. The molecule has 192 valence electrons. The molecule has 2 aliphatic heterocycles. The van der Waals surface area contributed by atoms with Gasteiger partial charge in [0.15, 0.2) is 6.23 Å². The molecule has 2 atom stereocenters. The Hall–Kier alpha value is -3.05. The van der Waals surface area contributed by atoms with Crippen molar-refractivity contribution in [1.29, 1.82) is 0 Å². The quantitative estimate of drug-likeness (QED) is 0.473. The van der Waals surface area contributed by atoms with Gasteiger partial charge >= 0.3 is 6.09 Å². The van der Waals surface area contributed by atoms with Gasteiger partial charge in [0, 0.05) is 17.6 Å². The predicted molar refractivity (Wildman–Crippen MR) is 138 cm³/mol. The largest absolute Gasteiger partial charge is 0.490 e. The van der Waals surface area contributed by atoms with Gasteiger partial charge in [0.1, 0.15) is 18.5 Å². The average Bonchev–Trinajstić information content (AvgIpc) is 3.42. The molecule has 1 saturated heterocycles. The lowest BCUT2D eigenvalue weighted by atomic mass is 10.1. The number of cyclic esters (lactones) is 1. The van der Waals surface area contributed by atoms with Gasteiger partial charge in [0.25, 0.3) is 5.91 Å². The third kappa shape index (κ3) is 6.01. The molecule has 1 aromatic carbocycles. The fourth-order valence-electron chi connectivity index (χ4n) is 3.80. The number of carbonyl (C=O) groups excluding carboxylic acids is 2. The van der Waals surface area contributed by atoms with Crippen LogP contribution in [0, 0.1) is 6.92 Å². The van der Waals surface area contributed by atoms with Crippen molar-refractivity contribution < 1.29 is 29.3 Å². The summed E-state index contributed by atoms with van der Waals surface area (Å²) < 4.78 is 11.6. The van der Waals surface area contributed by atoms with Crippen LogP contribution < -0.4 is 15.1 Å². The second kappa shape index (κ2) is 10.5. The van der Waals surface area contributed by atoms with Crippen LogP contribution >= 0.6 is 22.9 Å². The van der Waals surface area contributed by atoms with E-state index in [1.54, 1.807) is 61.4 Å².